The van der Waals surface area contributed by atoms with Crippen LogP contribution in [-0.2, 0) is 9.53 Å². The van der Waals surface area contributed by atoms with Gasteiger partial charge in [-0.1, -0.05) is 13.8 Å². The molecule has 0 saturated heterocycles. The smallest absolute Gasteiger partial charge is 0.306 e. The molecular weight excluding hydrogens is 202 g/mol. The van der Waals surface area contributed by atoms with Crippen LogP contribution in [0, 0.1) is 11.8 Å². The summed E-state index contributed by atoms with van der Waals surface area (Å²) in [6.07, 6.45) is 4.39. The highest BCUT2D eigenvalue weighted by molar-refractivity contribution is 5.69. The number of rotatable bonds is 4. The van der Waals surface area contributed by atoms with Crippen LogP contribution >= 0.6 is 0 Å². The molecule has 0 spiro atoms. The van der Waals surface area contributed by atoms with Crippen molar-refractivity contribution in [3.63, 3.8) is 0 Å². The number of carbonyl (C=O) groups is 1. The van der Waals surface area contributed by atoms with Gasteiger partial charge in [-0.25, -0.2) is 0 Å². The van der Waals surface area contributed by atoms with Crippen molar-refractivity contribution in [3.05, 3.63) is 0 Å². The van der Waals surface area contributed by atoms with Gasteiger partial charge >= 0.3 is 5.97 Å². The fraction of sp³-hybridized carbons (Fsp3) is 0.923. The Bertz CT molecular complexity index is 220. The van der Waals surface area contributed by atoms with Gasteiger partial charge in [0.2, 0.25) is 0 Å². The van der Waals surface area contributed by atoms with Crippen LogP contribution < -0.4 is 0 Å². The number of carbonyl (C=O) groups excluding carboxylic acids is 1. The molecule has 1 saturated carbocycles. The van der Waals surface area contributed by atoms with E-state index in [4.69, 9.17) is 0 Å². The third-order valence-corrected chi connectivity index (χ3v) is 3.67. The molecule has 0 N–H and O–H groups in total. The van der Waals surface area contributed by atoms with E-state index in [1.54, 1.807) is 0 Å². The molecule has 0 aliphatic heterocycles. The molecule has 0 aromatic rings. The average Bonchev–Trinajstić information content (AvgIpc) is 2.23. The topological polar surface area (TPSA) is 29.5 Å². The minimum absolute atomic E-state index is 0.108. The maximum absolute atomic E-state index is 11.1. The van der Waals surface area contributed by atoms with Crippen molar-refractivity contribution in [2.45, 2.75) is 45.6 Å². The summed E-state index contributed by atoms with van der Waals surface area (Å²) in [4.78, 5) is 13.4. The second-order valence-electron chi connectivity index (χ2n) is 5.38. The molecule has 16 heavy (non-hydrogen) atoms. The minimum Gasteiger partial charge on any atom is -0.469 e. The lowest BCUT2D eigenvalue weighted by Crippen LogP contribution is -2.39. The average molecular weight is 227 g/mol. The lowest BCUT2D eigenvalue weighted by atomic mass is 9.80. The maximum Gasteiger partial charge on any atom is 0.306 e. The van der Waals surface area contributed by atoms with Gasteiger partial charge in [-0.15, -0.1) is 0 Å². The normalized spacial score (nSPS) is 30.4. The predicted molar refractivity (Wildman–Crippen MR) is 65.2 cm³/mol. The molecule has 1 rings (SSSR count). The lowest BCUT2D eigenvalue weighted by molar-refractivity contribution is -0.141. The summed E-state index contributed by atoms with van der Waals surface area (Å²) in [6.45, 7) is 5.48. The molecule has 0 bridgehead atoms. The number of esters is 1. The van der Waals surface area contributed by atoms with Gasteiger partial charge in [-0.05, 0) is 38.1 Å². The molecule has 0 heterocycles. The zero-order valence-corrected chi connectivity index (χ0v) is 11.0. The zero-order valence-electron chi connectivity index (χ0n) is 11.0. The van der Waals surface area contributed by atoms with E-state index >= 15 is 0 Å². The molecule has 1 fully saturated rings. The Labute approximate surface area is 99.1 Å². The van der Waals surface area contributed by atoms with Gasteiger partial charge in [0.15, 0.2) is 0 Å². The van der Waals surface area contributed by atoms with E-state index in [0.717, 1.165) is 18.4 Å². The standard InChI is InChI=1S/C13H25NO2/c1-10-7-11(2)9-12(8-10)14(3)6-5-13(15)16-4/h10-12H,5-9H2,1-4H3. The SMILES string of the molecule is COC(=O)CCN(C)C1CC(C)CC(C)C1. The van der Waals surface area contributed by atoms with Crippen molar-refractivity contribution in [1.29, 1.82) is 0 Å². The maximum atomic E-state index is 11.1. The fourth-order valence-electron chi connectivity index (χ4n) is 2.82. The highest BCUT2D eigenvalue weighted by atomic mass is 16.5. The quantitative estimate of drug-likeness (QED) is 0.690. The van der Waals surface area contributed by atoms with Crippen LogP contribution in [0.4, 0.5) is 0 Å². The molecule has 0 aromatic heterocycles. The molecule has 0 aromatic carbocycles. The van der Waals surface area contributed by atoms with E-state index < -0.39 is 0 Å². The number of hydrogen-bond acceptors (Lipinski definition) is 3. The predicted octanol–water partition coefficient (Wildman–Crippen LogP) is 2.31. The van der Waals surface area contributed by atoms with Crippen molar-refractivity contribution in [2.24, 2.45) is 11.8 Å². The third-order valence-electron chi connectivity index (χ3n) is 3.67. The molecule has 1 aliphatic rings. The molecule has 0 amide bonds. The van der Waals surface area contributed by atoms with E-state index in [2.05, 4.69) is 30.5 Å². The largest absolute Gasteiger partial charge is 0.469 e. The third kappa shape index (κ3) is 4.12. The Morgan fingerprint density at radius 3 is 2.31 bits per heavy atom. The van der Waals surface area contributed by atoms with E-state index in [1.807, 2.05) is 0 Å². The molecule has 0 radical (unpaired) electrons. The van der Waals surface area contributed by atoms with Crippen LogP contribution in [0.2, 0.25) is 0 Å². The van der Waals surface area contributed by atoms with E-state index in [1.165, 1.54) is 26.4 Å². The Balaban J connectivity index is 2.35. The van der Waals surface area contributed by atoms with Crippen LogP contribution in [0.15, 0.2) is 0 Å². The molecular formula is C13H25NO2. The van der Waals surface area contributed by atoms with Crippen molar-refractivity contribution < 1.29 is 9.53 Å². The first-order valence-electron chi connectivity index (χ1n) is 6.30. The van der Waals surface area contributed by atoms with Crippen molar-refractivity contribution in [1.82, 2.24) is 4.90 Å². The van der Waals surface area contributed by atoms with Gasteiger partial charge in [0.05, 0.1) is 13.5 Å². The zero-order chi connectivity index (χ0) is 12.1. The van der Waals surface area contributed by atoms with Crippen LogP contribution in [0.25, 0.3) is 0 Å². The molecule has 3 nitrogen and oxygen atoms in total. The molecule has 3 heteroatoms. The van der Waals surface area contributed by atoms with Crippen LogP contribution in [0.1, 0.15) is 39.5 Å². The molecule has 94 valence electrons. The lowest BCUT2D eigenvalue weighted by Gasteiger charge is -2.37. The first-order valence-corrected chi connectivity index (χ1v) is 6.30. The van der Waals surface area contributed by atoms with E-state index in [9.17, 15) is 4.79 Å². The minimum atomic E-state index is -0.108. The Morgan fingerprint density at radius 1 is 1.25 bits per heavy atom. The van der Waals surface area contributed by atoms with Gasteiger partial charge in [0.1, 0.15) is 0 Å². The van der Waals surface area contributed by atoms with E-state index in [-0.39, 0.29) is 5.97 Å². The van der Waals surface area contributed by atoms with Gasteiger partial charge in [0.25, 0.3) is 0 Å². The second-order valence-corrected chi connectivity index (χ2v) is 5.38. The van der Waals surface area contributed by atoms with Crippen LogP contribution in [0.5, 0.6) is 0 Å². The first-order chi connectivity index (χ1) is 7.52. The Kier molecular flexibility index (Phi) is 5.26. The van der Waals surface area contributed by atoms with Gasteiger partial charge in [-0.2, -0.15) is 0 Å². The summed E-state index contributed by atoms with van der Waals surface area (Å²) >= 11 is 0. The number of hydrogen-bond donors (Lipinski definition) is 0. The summed E-state index contributed by atoms with van der Waals surface area (Å²) in [7, 11) is 3.57. The van der Waals surface area contributed by atoms with Gasteiger partial charge in [0, 0.05) is 12.6 Å². The van der Waals surface area contributed by atoms with Crippen molar-refractivity contribution in [3.8, 4) is 0 Å². The Morgan fingerprint density at radius 2 is 1.81 bits per heavy atom. The second kappa shape index (κ2) is 6.24. The summed E-state index contributed by atoms with van der Waals surface area (Å²) in [5.41, 5.74) is 0. The highest BCUT2D eigenvalue weighted by Crippen LogP contribution is 2.30. The first kappa shape index (κ1) is 13.5. The summed E-state index contributed by atoms with van der Waals surface area (Å²) < 4.78 is 4.66. The van der Waals surface area contributed by atoms with Gasteiger partial charge in [-0.3, -0.25) is 4.79 Å². The molecule has 2 atom stereocenters. The van der Waals surface area contributed by atoms with Gasteiger partial charge < -0.3 is 9.64 Å². The summed E-state index contributed by atoms with van der Waals surface area (Å²) in [5, 5.41) is 0. The van der Waals surface area contributed by atoms with Crippen LogP contribution in [0.3, 0.4) is 0 Å². The van der Waals surface area contributed by atoms with E-state index in [0.29, 0.717) is 12.5 Å². The molecule has 1 aliphatic carbocycles. The van der Waals surface area contributed by atoms with Crippen molar-refractivity contribution in [2.75, 3.05) is 20.7 Å². The summed E-state index contributed by atoms with van der Waals surface area (Å²) in [5.74, 6) is 1.52. The monoisotopic (exact) mass is 227 g/mol. The number of ether oxygens (including phenoxy) is 1. The highest BCUT2D eigenvalue weighted by Gasteiger charge is 2.26. The van der Waals surface area contributed by atoms with Crippen LogP contribution in [-0.4, -0.2) is 37.6 Å². The van der Waals surface area contributed by atoms with Crippen molar-refractivity contribution >= 4 is 5.97 Å². The number of nitrogens with zero attached hydrogens (tertiary/aromatic N) is 1. The number of methoxy groups -OCH3 is 1. The summed E-state index contributed by atoms with van der Waals surface area (Å²) in [6, 6.07) is 0.642. The fourth-order valence-corrected chi connectivity index (χ4v) is 2.82. The Hall–Kier alpha value is -0.570. The molecule has 2 unspecified atom stereocenters.